The van der Waals surface area contributed by atoms with Crippen molar-refractivity contribution >= 4 is 11.6 Å². The number of hydrogen-bond donors (Lipinski definition) is 0. The molecule has 0 heterocycles. The van der Waals surface area contributed by atoms with Crippen LogP contribution in [0, 0.1) is 10.1 Å². The van der Waals surface area contributed by atoms with Crippen LogP contribution in [0.4, 0.5) is 5.69 Å². The third kappa shape index (κ3) is 4.95. The second-order valence-corrected chi connectivity index (χ2v) is 4.21. The molecule has 0 bridgehead atoms. The number of nitro benzene ring substituents is 1. The van der Waals surface area contributed by atoms with E-state index in [0.29, 0.717) is 12.3 Å². The van der Waals surface area contributed by atoms with Crippen LogP contribution in [0.5, 0.6) is 5.75 Å². The number of likely N-dealkylation sites (N-methyl/N-ethyl adjacent to an activating group) is 1. The zero-order valence-electron chi connectivity index (χ0n) is 11.2. The smallest absolute Gasteiger partial charge is 0.269 e. The highest BCUT2D eigenvalue weighted by atomic mass is 16.6. The maximum Gasteiger partial charge on any atom is 0.269 e. The molecule has 0 saturated heterocycles. The molecule has 0 spiro atoms. The van der Waals surface area contributed by atoms with E-state index in [2.05, 4.69) is 6.92 Å². The van der Waals surface area contributed by atoms with Gasteiger partial charge in [0.05, 0.1) is 4.92 Å². The molecule has 0 aliphatic rings. The van der Waals surface area contributed by atoms with Crippen molar-refractivity contribution in [1.29, 1.82) is 0 Å². The van der Waals surface area contributed by atoms with Crippen LogP contribution in [0.1, 0.15) is 19.8 Å². The van der Waals surface area contributed by atoms with Crippen molar-refractivity contribution < 1.29 is 14.5 Å². The van der Waals surface area contributed by atoms with Gasteiger partial charge in [-0.25, -0.2) is 0 Å². The second kappa shape index (κ2) is 7.35. The first kappa shape index (κ1) is 14.9. The fourth-order valence-electron chi connectivity index (χ4n) is 1.44. The van der Waals surface area contributed by atoms with Crippen molar-refractivity contribution in [3.63, 3.8) is 0 Å². The minimum atomic E-state index is -0.479. The molecule has 0 aromatic heterocycles. The first-order chi connectivity index (χ1) is 9.04. The molecule has 0 unspecified atom stereocenters. The summed E-state index contributed by atoms with van der Waals surface area (Å²) < 4.78 is 5.29. The van der Waals surface area contributed by atoms with Crippen molar-refractivity contribution in [2.75, 3.05) is 20.2 Å². The number of nitrogens with zero attached hydrogens (tertiary/aromatic N) is 2. The largest absolute Gasteiger partial charge is 0.484 e. The van der Waals surface area contributed by atoms with Gasteiger partial charge in [0, 0.05) is 25.7 Å². The quantitative estimate of drug-likeness (QED) is 0.560. The standard InChI is InChI=1S/C13H18N2O4/c1-3-4-9-14(2)13(16)10-19-12-7-5-11(6-8-12)15(17)18/h5-8H,3-4,9-10H2,1-2H3. The van der Waals surface area contributed by atoms with Gasteiger partial charge in [0.25, 0.3) is 11.6 Å². The van der Waals surface area contributed by atoms with Crippen LogP contribution in [0.15, 0.2) is 24.3 Å². The summed E-state index contributed by atoms with van der Waals surface area (Å²) in [6, 6.07) is 5.66. The zero-order chi connectivity index (χ0) is 14.3. The normalized spacial score (nSPS) is 10.0. The molecular formula is C13H18N2O4. The molecule has 104 valence electrons. The van der Waals surface area contributed by atoms with Crippen molar-refractivity contribution in [2.24, 2.45) is 0 Å². The van der Waals surface area contributed by atoms with Gasteiger partial charge in [-0.15, -0.1) is 0 Å². The van der Waals surface area contributed by atoms with Gasteiger partial charge in [0.15, 0.2) is 6.61 Å². The molecule has 0 radical (unpaired) electrons. The Bertz CT molecular complexity index is 431. The van der Waals surface area contributed by atoms with E-state index in [-0.39, 0.29) is 18.2 Å². The van der Waals surface area contributed by atoms with Gasteiger partial charge < -0.3 is 9.64 Å². The SMILES string of the molecule is CCCCN(C)C(=O)COc1ccc([N+](=O)[O-])cc1. The summed E-state index contributed by atoms with van der Waals surface area (Å²) in [5.74, 6) is 0.342. The van der Waals surface area contributed by atoms with Gasteiger partial charge in [-0.05, 0) is 18.6 Å². The molecule has 1 rings (SSSR count). The first-order valence-corrected chi connectivity index (χ1v) is 6.15. The molecule has 0 aliphatic heterocycles. The third-order valence-electron chi connectivity index (χ3n) is 2.68. The van der Waals surface area contributed by atoms with Gasteiger partial charge in [0.2, 0.25) is 0 Å². The number of rotatable bonds is 7. The van der Waals surface area contributed by atoms with Crippen LogP contribution < -0.4 is 4.74 Å². The van der Waals surface area contributed by atoms with Crippen LogP contribution >= 0.6 is 0 Å². The van der Waals surface area contributed by atoms with Crippen LogP contribution in [0.25, 0.3) is 0 Å². The van der Waals surface area contributed by atoms with Crippen LogP contribution in [0.2, 0.25) is 0 Å². The maximum absolute atomic E-state index is 11.7. The van der Waals surface area contributed by atoms with Gasteiger partial charge >= 0.3 is 0 Å². The molecule has 0 N–H and O–H groups in total. The Morgan fingerprint density at radius 3 is 2.53 bits per heavy atom. The molecule has 0 saturated carbocycles. The molecular weight excluding hydrogens is 248 g/mol. The number of ether oxygens (including phenoxy) is 1. The Morgan fingerprint density at radius 2 is 2.00 bits per heavy atom. The van der Waals surface area contributed by atoms with E-state index in [1.54, 1.807) is 11.9 Å². The van der Waals surface area contributed by atoms with Crippen molar-refractivity contribution in [3.8, 4) is 5.75 Å². The minimum absolute atomic E-state index is 0.00117. The molecule has 0 fully saturated rings. The van der Waals surface area contributed by atoms with Crippen LogP contribution in [-0.4, -0.2) is 35.9 Å². The van der Waals surface area contributed by atoms with Gasteiger partial charge in [-0.1, -0.05) is 13.3 Å². The van der Waals surface area contributed by atoms with E-state index in [1.807, 2.05) is 0 Å². The molecule has 0 atom stereocenters. The van der Waals surface area contributed by atoms with E-state index in [0.717, 1.165) is 12.8 Å². The fourth-order valence-corrected chi connectivity index (χ4v) is 1.44. The topological polar surface area (TPSA) is 72.7 Å². The Morgan fingerprint density at radius 1 is 1.37 bits per heavy atom. The lowest BCUT2D eigenvalue weighted by Gasteiger charge is -2.16. The average Bonchev–Trinajstić information content (AvgIpc) is 2.42. The molecule has 0 aliphatic carbocycles. The number of non-ortho nitro benzene ring substituents is 1. The fraction of sp³-hybridized carbons (Fsp3) is 0.462. The second-order valence-electron chi connectivity index (χ2n) is 4.21. The van der Waals surface area contributed by atoms with Gasteiger partial charge in [-0.3, -0.25) is 14.9 Å². The molecule has 1 amide bonds. The zero-order valence-corrected chi connectivity index (χ0v) is 11.2. The third-order valence-corrected chi connectivity index (χ3v) is 2.68. The highest BCUT2D eigenvalue weighted by Gasteiger charge is 2.09. The molecule has 6 nitrogen and oxygen atoms in total. The van der Waals surface area contributed by atoms with E-state index >= 15 is 0 Å². The number of nitro groups is 1. The summed E-state index contributed by atoms with van der Waals surface area (Å²) in [7, 11) is 1.73. The van der Waals surface area contributed by atoms with E-state index < -0.39 is 4.92 Å². The summed E-state index contributed by atoms with van der Waals surface area (Å²) in [6.07, 6.45) is 1.99. The summed E-state index contributed by atoms with van der Waals surface area (Å²) >= 11 is 0. The maximum atomic E-state index is 11.7. The number of unbranched alkanes of at least 4 members (excludes halogenated alkanes) is 1. The number of amides is 1. The summed E-state index contributed by atoms with van der Waals surface area (Å²) in [5, 5.41) is 10.5. The highest BCUT2D eigenvalue weighted by molar-refractivity contribution is 5.77. The van der Waals surface area contributed by atoms with Gasteiger partial charge in [-0.2, -0.15) is 0 Å². The number of benzene rings is 1. The van der Waals surface area contributed by atoms with E-state index in [9.17, 15) is 14.9 Å². The Hall–Kier alpha value is -2.11. The summed E-state index contributed by atoms with van der Waals surface area (Å²) in [4.78, 5) is 23.3. The minimum Gasteiger partial charge on any atom is -0.484 e. The van der Waals surface area contributed by atoms with Crippen molar-refractivity contribution in [1.82, 2.24) is 4.90 Å². The predicted octanol–water partition coefficient (Wildman–Crippen LogP) is 2.23. The Kier molecular flexibility index (Phi) is 5.78. The summed E-state index contributed by atoms with van der Waals surface area (Å²) in [6.45, 7) is 2.71. The van der Waals surface area contributed by atoms with Crippen molar-refractivity contribution in [2.45, 2.75) is 19.8 Å². The Labute approximate surface area is 112 Å². The van der Waals surface area contributed by atoms with E-state index in [4.69, 9.17) is 4.74 Å². The molecule has 6 heteroatoms. The lowest BCUT2D eigenvalue weighted by molar-refractivity contribution is -0.384. The monoisotopic (exact) mass is 266 g/mol. The highest BCUT2D eigenvalue weighted by Crippen LogP contribution is 2.17. The molecule has 1 aromatic carbocycles. The molecule has 19 heavy (non-hydrogen) atoms. The van der Waals surface area contributed by atoms with Crippen LogP contribution in [0.3, 0.4) is 0 Å². The average molecular weight is 266 g/mol. The van der Waals surface area contributed by atoms with Crippen molar-refractivity contribution in [3.05, 3.63) is 34.4 Å². The number of carbonyl (C=O) groups excluding carboxylic acids is 1. The Balaban J connectivity index is 2.43. The first-order valence-electron chi connectivity index (χ1n) is 6.15. The number of hydrogen-bond acceptors (Lipinski definition) is 4. The predicted molar refractivity (Wildman–Crippen MR) is 71.1 cm³/mol. The lowest BCUT2D eigenvalue weighted by Crippen LogP contribution is -2.32. The van der Waals surface area contributed by atoms with Crippen LogP contribution in [-0.2, 0) is 4.79 Å². The van der Waals surface area contributed by atoms with E-state index in [1.165, 1.54) is 24.3 Å². The number of carbonyl (C=O) groups is 1. The molecule has 1 aromatic rings. The van der Waals surface area contributed by atoms with Gasteiger partial charge in [0.1, 0.15) is 5.75 Å². The summed E-state index contributed by atoms with van der Waals surface area (Å²) in [5.41, 5.74) is -0.00117. The lowest BCUT2D eigenvalue weighted by atomic mass is 10.3.